The molecule has 106 valence electrons. The molecule has 1 N–H and O–H groups in total. The van der Waals surface area contributed by atoms with Gasteiger partial charge in [0.2, 0.25) is 0 Å². The van der Waals surface area contributed by atoms with E-state index in [-0.39, 0.29) is 12.0 Å². The number of hydrogen-bond acceptors (Lipinski definition) is 3. The van der Waals surface area contributed by atoms with Crippen LogP contribution < -0.4 is 5.32 Å². The number of rotatable bonds is 5. The Morgan fingerprint density at radius 1 is 1.39 bits per heavy atom. The topological polar surface area (TPSA) is 38.3 Å². The van der Waals surface area contributed by atoms with Crippen LogP contribution in [0.2, 0.25) is 0 Å². The molecule has 0 heterocycles. The molecular weight excluding hydrogens is 226 g/mol. The van der Waals surface area contributed by atoms with E-state index >= 15 is 0 Å². The zero-order valence-electron chi connectivity index (χ0n) is 12.5. The first kappa shape index (κ1) is 15.5. The first-order chi connectivity index (χ1) is 8.49. The highest BCUT2D eigenvalue weighted by Gasteiger charge is 2.32. The van der Waals surface area contributed by atoms with E-state index in [9.17, 15) is 4.79 Å². The summed E-state index contributed by atoms with van der Waals surface area (Å²) in [4.78, 5) is 11.9. The lowest BCUT2D eigenvalue weighted by atomic mass is 9.79. The summed E-state index contributed by atoms with van der Waals surface area (Å²) in [6, 6.07) is 0.296. The van der Waals surface area contributed by atoms with Crippen molar-refractivity contribution >= 4 is 5.97 Å². The molecule has 0 amide bonds. The number of nitrogens with one attached hydrogen (secondary N) is 1. The van der Waals surface area contributed by atoms with Gasteiger partial charge in [0, 0.05) is 6.04 Å². The van der Waals surface area contributed by atoms with E-state index in [0.717, 1.165) is 12.3 Å². The fourth-order valence-electron chi connectivity index (χ4n) is 2.82. The molecule has 1 rings (SSSR count). The van der Waals surface area contributed by atoms with E-state index < -0.39 is 0 Å². The minimum absolute atomic E-state index is 0.116. The molecule has 3 heteroatoms. The van der Waals surface area contributed by atoms with Crippen LogP contribution in [0.4, 0.5) is 0 Å². The quantitative estimate of drug-likeness (QED) is 0.768. The summed E-state index contributed by atoms with van der Waals surface area (Å²) in [5.41, 5.74) is 0. The number of carbonyl (C=O) groups excluding carboxylic acids is 1. The maximum Gasteiger partial charge on any atom is 0.323 e. The Balaban J connectivity index is 2.66. The molecule has 5 atom stereocenters. The molecule has 5 unspecified atom stereocenters. The van der Waals surface area contributed by atoms with Crippen LogP contribution in [0, 0.1) is 17.8 Å². The summed E-state index contributed by atoms with van der Waals surface area (Å²) in [6.07, 6.45) is 4.73. The number of hydrogen-bond donors (Lipinski definition) is 1. The average Bonchev–Trinajstić information content (AvgIpc) is 2.38. The maximum absolute atomic E-state index is 11.9. The fourth-order valence-corrected chi connectivity index (χ4v) is 2.82. The molecule has 3 nitrogen and oxygen atoms in total. The third-order valence-corrected chi connectivity index (χ3v) is 4.52. The smallest absolute Gasteiger partial charge is 0.323 e. The van der Waals surface area contributed by atoms with Crippen molar-refractivity contribution in [3.63, 3.8) is 0 Å². The van der Waals surface area contributed by atoms with Gasteiger partial charge in [-0.2, -0.15) is 0 Å². The lowest BCUT2D eigenvalue weighted by Gasteiger charge is -2.36. The fraction of sp³-hybridized carbons (Fsp3) is 0.933. The van der Waals surface area contributed by atoms with Crippen LogP contribution >= 0.6 is 0 Å². The third-order valence-electron chi connectivity index (χ3n) is 4.52. The van der Waals surface area contributed by atoms with Gasteiger partial charge in [0.05, 0.1) is 7.11 Å². The van der Waals surface area contributed by atoms with Crippen LogP contribution in [0.5, 0.6) is 0 Å². The molecule has 0 aromatic heterocycles. The van der Waals surface area contributed by atoms with Gasteiger partial charge in [-0.05, 0) is 30.6 Å². The molecule has 0 aliphatic heterocycles. The molecule has 0 spiro atoms. The highest BCUT2D eigenvalue weighted by Crippen LogP contribution is 2.29. The largest absolute Gasteiger partial charge is 0.468 e. The summed E-state index contributed by atoms with van der Waals surface area (Å²) in [5, 5.41) is 3.56. The van der Waals surface area contributed by atoms with Crippen molar-refractivity contribution in [3.8, 4) is 0 Å². The van der Waals surface area contributed by atoms with E-state index in [4.69, 9.17) is 4.74 Å². The lowest BCUT2D eigenvalue weighted by molar-refractivity contribution is -0.145. The standard InChI is InChI=1S/C15H29NO2/c1-6-11(3)14(15(17)18-5)16-13-9-10(2)7-8-12(13)4/h10-14,16H,6-9H2,1-5H3. The Morgan fingerprint density at radius 2 is 2.06 bits per heavy atom. The van der Waals surface area contributed by atoms with Crippen molar-refractivity contribution < 1.29 is 9.53 Å². The Bertz CT molecular complexity index is 267. The Kier molecular flexibility index (Phi) is 6.13. The molecule has 0 bridgehead atoms. The predicted octanol–water partition coefficient (Wildman–Crippen LogP) is 2.99. The molecule has 0 aromatic rings. The number of carbonyl (C=O) groups is 1. The van der Waals surface area contributed by atoms with E-state index in [2.05, 4.69) is 33.0 Å². The van der Waals surface area contributed by atoms with E-state index in [1.807, 2.05) is 0 Å². The van der Waals surface area contributed by atoms with E-state index in [0.29, 0.717) is 17.9 Å². The minimum atomic E-state index is -0.155. The van der Waals surface area contributed by atoms with Gasteiger partial charge in [0.25, 0.3) is 0 Å². The van der Waals surface area contributed by atoms with Crippen LogP contribution in [0.1, 0.15) is 53.4 Å². The highest BCUT2D eigenvalue weighted by atomic mass is 16.5. The summed E-state index contributed by atoms with van der Waals surface area (Å²) in [5.74, 6) is 1.61. The monoisotopic (exact) mass is 255 g/mol. The van der Waals surface area contributed by atoms with Gasteiger partial charge >= 0.3 is 5.97 Å². The molecule has 1 aliphatic rings. The number of ether oxygens (including phenoxy) is 1. The Hall–Kier alpha value is -0.570. The van der Waals surface area contributed by atoms with E-state index in [1.54, 1.807) is 0 Å². The second-order valence-corrected chi connectivity index (χ2v) is 6.06. The molecule has 1 saturated carbocycles. The Morgan fingerprint density at radius 3 is 2.61 bits per heavy atom. The van der Waals surface area contributed by atoms with Gasteiger partial charge in [0.15, 0.2) is 0 Å². The highest BCUT2D eigenvalue weighted by molar-refractivity contribution is 5.76. The van der Waals surface area contributed by atoms with Crippen molar-refractivity contribution in [2.45, 2.75) is 65.5 Å². The van der Waals surface area contributed by atoms with Crippen LogP contribution in [0.15, 0.2) is 0 Å². The summed E-state index contributed by atoms with van der Waals surface area (Å²) in [7, 11) is 1.48. The average molecular weight is 255 g/mol. The van der Waals surface area contributed by atoms with Crippen molar-refractivity contribution in [2.24, 2.45) is 17.8 Å². The molecule has 0 radical (unpaired) electrons. The summed E-state index contributed by atoms with van der Waals surface area (Å²) >= 11 is 0. The van der Waals surface area contributed by atoms with Gasteiger partial charge in [-0.3, -0.25) is 4.79 Å². The van der Waals surface area contributed by atoms with Gasteiger partial charge in [-0.1, -0.05) is 40.5 Å². The van der Waals surface area contributed by atoms with Crippen molar-refractivity contribution in [3.05, 3.63) is 0 Å². The summed E-state index contributed by atoms with van der Waals surface area (Å²) in [6.45, 7) is 8.83. The zero-order chi connectivity index (χ0) is 13.7. The van der Waals surface area contributed by atoms with Crippen LogP contribution in [0.25, 0.3) is 0 Å². The molecule has 1 aliphatic carbocycles. The van der Waals surface area contributed by atoms with Crippen molar-refractivity contribution in [2.75, 3.05) is 7.11 Å². The van der Waals surface area contributed by atoms with Gasteiger partial charge < -0.3 is 10.1 Å². The van der Waals surface area contributed by atoms with Crippen LogP contribution in [-0.4, -0.2) is 25.2 Å². The first-order valence-corrected chi connectivity index (χ1v) is 7.33. The third kappa shape index (κ3) is 3.98. The lowest BCUT2D eigenvalue weighted by Crippen LogP contribution is -2.51. The normalized spacial score (nSPS) is 31.7. The molecule has 18 heavy (non-hydrogen) atoms. The van der Waals surface area contributed by atoms with Gasteiger partial charge in [0.1, 0.15) is 6.04 Å². The van der Waals surface area contributed by atoms with E-state index in [1.165, 1.54) is 26.4 Å². The van der Waals surface area contributed by atoms with Gasteiger partial charge in [-0.25, -0.2) is 0 Å². The first-order valence-electron chi connectivity index (χ1n) is 7.33. The number of methoxy groups -OCH3 is 1. The molecule has 1 fully saturated rings. The second kappa shape index (κ2) is 7.13. The van der Waals surface area contributed by atoms with Gasteiger partial charge in [-0.15, -0.1) is 0 Å². The van der Waals surface area contributed by atoms with Crippen molar-refractivity contribution in [1.29, 1.82) is 0 Å². The zero-order valence-corrected chi connectivity index (χ0v) is 12.5. The Labute approximate surface area is 112 Å². The van der Waals surface area contributed by atoms with Crippen LogP contribution in [-0.2, 0) is 9.53 Å². The predicted molar refractivity (Wildman–Crippen MR) is 74.4 cm³/mol. The maximum atomic E-state index is 11.9. The number of esters is 1. The summed E-state index contributed by atoms with van der Waals surface area (Å²) < 4.78 is 4.94. The molecule has 0 aromatic carbocycles. The minimum Gasteiger partial charge on any atom is -0.468 e. The molecular formula is C15H29NO2. The van der Waals surface area contributed by atoms with Crippen LogP contribution in [0.3, 0.4) is 0 Å². The molecule has 0 saturated heterocycles. The van der Waals surface area contributed by atoms with Crippen molar-refractivity contribution in [1.82, 2.24) is 5.32 Å². The SMILES string of the molecule is CCC(C)C(NC1CC(C)CCC1C)C(=O)OC. The second-order valence-electron chi connectivity index (χ2n) is 6.06.